The summed E-state index contributed by atoms with van der Waals surface area (Å²) in [7, 11) is 0. The average Bonchev–Trinajstić information content (AvgIpc) is 3.11. The van der Waals surface area contributed by atoms with Gasteiger partial charge < -0.3 is 9.84 Å². The molecule has 194 valence electrons. The van der Waals surface area contributed by atoms with Crippen molar-refractivity contribution in [3.8, 4) is 0 Å². The molecule has 1 N–H and O–H groups in total. The standard InChI is InChI=1S/C29H49NO4/c1-6-14-30(15-7-2)18-26(33)34-25-17-29(5)23(19(3)31)10-11-24(29)22-9-8-20-16-21(32)12-13-28(20,4)27(22)25/h20-25,27,32H,6-18H2,1-5H3/t20-,21-,22-,23+,24-,25-,27+,28-,29+/m0/s1. The summed E-state index contributed by atoms with van der Waals surface area (Å²) in [6, 6.07) is 0. The molecule has 0 saturated heterocycles. The maximum Gasteiger partial charge on any atom is 0.320 e. The number of hydrogen-bond acceptors (Lipinski definition) is 5. The molecule has 4 fully saturated rings. The minimum Gasteiger partial charge on any atom is -0.461 e. The number of aliphatic hydroxyl groups excluding tert-OH is 1. The number of ether oxygens (including phenoxy) is 1. The van der Waals surface area contributed by atoms with E-state index in [-0.39, 0.29) is 34.9 Å². The zero-order valence-corrected chi connectivity index (χ0v) is 22.4. The summed E-state index contributed by atoms with van der Waals surface area (Å²) in [5, 5.41) is 10.4. The van der Waals surface area contributed by atoms with E-state index < -0.39 is 0 Å². The Bertz CT molecular complexity index is 748. The van der Waals surface area contributed by atoms with Crippen LogP contribution in [0.1, 0.15) is 98.8 Å². The van der Waals surface area contributed by atoms with Crippen LogP contribution in [0.5, 0.6) is 0 Å². The van der Waals surface area contributed by atoms with Gasteiger partial charge in [0, 0.05) is 11.8 Å². The van der Waals surface area contributed by atoms with Crippen molar-refractivity contribution in [1.29, 1.82) is 0 Å². The molecule has 34 heavy (non-hydrogen) atoms. The fourth-order valence-electron chi connectivity index (χ4n) is 9.39. The van der Waals surface area contributed by atoms with E-state index in [0.29, 0.717) is 36.0 Å². The molecule has 0 unspecified atom stereocenters. The fourth-order valence-corrected chi connectivity index (χ4v) is 9.39. The van der Waals surface area contributed by atoms with Crippen LogP contribution >= 0.6 is 0 Å². The molecule has 0 bridgehead atoms. The molecule has 0 amide bonds. The average molecular weight is 476 g/mol. The maximum absolute atomic E-state index is 13.3. The zero-order chi connectivity index (χ0) is 24.7. The molecule has 0 radical (unpaired) electrons. The van der Waals surface area contributed by atoms with Crippen LogP contribution in [0.25, 0.3) is 0 Å². The first kappa shape index (κ1) is 26.1. The SMILES string of the molecule is CCCN(CCC)CC(=O)O[C@H]1C[C@]2(C)[C@@H](C(C)=O)CC[C@H]2[C@@H]2CC[C@H]3C[C@@H](O)CC[C@]3(C)[C@H]21. The minimum absolute atomic E-state index is 0.0676. The molecule has 4 rings (SSSR count). The van der Waals surface area contributed by atoms with Crippen LogP contribution in [-0.4, -0.2) is 53.6 Å². The first-order chi connectivity index (χ1) is 16.1. The number of aliphatic hydroxyl groups is 1. The summed E-state index contributed by atoms with van der Waals surface area (Å²) >= 11 is 0. The predicted molar refractivity (Wildman–Crippen MR) is 134 cm³/mol. The van der Waals surface area contributed by atoms with Crippen LogP contribution in [0.3, 0.4) is 0 Å². The van der Waals surface area contributed by atoms with Crippen LogP contribution in [0.2, 0.25) is 0 Å². The Morgan fingerprint density at radius 1 is 1.00 bits per heavy atom. The Hall–Kier alpha value is -0.940. The van der Waals surface area contributed by atoms with Gasteiger partial charge in [-0.1, -0.05) is 27.7 Å². The van der Waals surface area contributed by atoms with Crippen molar-refractivity contribution in [1.82, 2.24) is 4.90 Å². The van der Waals surface area contributed by atoms with Gasteiger partial charge in [0.2, 0.25) is 0 Å². The van der Waals surface area contributed by atoms with Crippen molar-refractivity contribution in [2.75, 3.05) is 19.6 Å². The van der Waals surface area contributed by atoms with E-state index >= 15 is 0 Å². The quantitative estimate of drug-likeness (QED) is 0.486. The van der Waals surface area contributed by atoms with E-state index in [1.807, 2.05) is 0 Å². The lowest BCUT2D eigenvalue weighted by Crippen LogP contribution is -2.60. The van der Waals surface area contributed by atoms with Gasteiger partial charge in [0.1, 0.15) is 11.9 Å². The first-order valence-corrected chi connectivity index (χ1v) is 14.2. The summed E-state index contributed by atoms with van der Waals surface area (Å²) in [5.74, 6) is 2.22. The largest absolute Gasteiger partial charge is 0.461 e. The number of Topliss-reactive ketones (excluding diaryl/α,β-unsaturated/α-hetero) is 1. The topological polar surface area (TPSA) is 66.8 Å². The predicted octanol–water partition coefficient (Wildman–Crippen LogP) is 5.24. The van der Waals surface area contributed by atoms with Crippen molar-refractivity contribution in [2.45, 2.75) is 111 Å². The molecule has 0 heterocycles. The van der Waals surface area contributed by atoms with Crippen molar-refractivity contribution in [2.24, 2.45) is 40.4 Å². The van der Waals surface area contributed by atoms with Gasteiger partial charge in [-0.25, -0.2) is 0 Å². The number of hydrogen-bond donors (Lipinski definition) is 1. The van der Waals surface area contributed by atoms with Gasteiger partial charge in [-0.2, -0.15) is 0 Å². The van der Waals surface area contributed by atoms with E-state index in [4.69, 9.17) is 4.74 Å². The lowest BCUT2D eigenvalue weighted by atomic mass is 9.43. The van der Waals surface area contributed by atoms with Crippen molar-refractivity contribution < 1.29 is 19.4 Å². The molecule has 9 atom stereocenters. The van der Waals surface area contributed by atoms with E-state index in [9.17, 15) is 14.7 Å². The molecule has 0 aliphatic heterocycles. The Labute approximate surface area is 207 Å². The smallest absolute Gasteiger partial charge is 0.320 e. The lowest BCUT2D eigenvalue weighted by molar-refractivity contribution is -0.199. The monoisotopic (exact) mass is 475 g/mol. The second-order valence-corrected chi connectivity index (χ2v) is 12.8. The summed E-state index contributed by atoms with van der Waals surface area (Å²) < 4.78 is 6.47. The second-order valence-electron chi connectivity index (χ2n) is 12.8. The Balaban J connectivity index is 1.62. The van der Waals surface area contributed by atoms with Crippen molar-refractivity contribution >= 4 is 11.8 Å². The van der Waals surface area contributed by atoms with Gasteiger partial charge >= 0.3 is 5.97 Å². The molecule has 0 spiro atoms. The molecule has 5 heteroatoms. The van der Waals surface area contributed by atoms with Gasteiger partial charge in [-0.3, -0.25) is 14.5 Å². The van der Waals surface area contributed by atoms with Gasteiger partial charge in [0.15, 0.2) is 0 Å². The van der Waals surface area contributed by atoms with Gasteiger partial charge in [-0.05, 0) is 113 Å². The lowest BCUT2D eigenvalue weighted by Gasteiger charge is -2.62. The van der Waals surface area contributed by atoms with Crippen molar-refractivity contribution in [3.05, 3.63) is 0 Å². The Kier molecular flexibility index (Phi) is 7.84. The van der Waals surface area contributed by atoms with E-state index in [1.165, 1.54) is 0 Å². The minimum atomic E-state index is -0.185. The molecule has 0 aromatic carbocycles. The molecule has 4 saturated carbocycles. The first-order valence-electron chi connectivity index (χ1n) is 14.2. The third kappa shape index (κ3) is 4.61. The molecular weight excluding hydrogens is 426 g/mol. The summed E-state index contributed by atoms with van der Waals surface area (Å²) in [4.78, 5) is 28.2. The summed E-state index contributed by atoms with van der Waals surface area (Å²) in [6.07, 6.45) is 9.77. The van der Waals surface area contributed by atoms with Crippen molar-refractivity contribution in [3.63, 3.8) is 0 Å². The number of nitrogens with zero attached hydrogens (tertiary/aromatic N) is 1. The normalized spacial score (nSPS) is 43.7. The van der Waals surface area contributed by atoms with E-state index in [2.05, 4.69) is 32.6 Å². The Morgan fingerprint density at radius 2 is 1.71 bits per heavy atom. The van der Waals surface area contributed by atoms with Gasteiger partial charge in [0.25, 0.3) is 0 Å². The van der Waals surface area contributed by atoms with Crippen LogP contribution in [0, 0.1) is 40.4 Å². The highest BCUT2D eigenvalue weighted by Gasteiger charge is 2.64. The van der Waals surface area contributed by atoms with E-state index in [1.54, 1.807) is 6.92 Å². The Morgan fingerprint density at radius 3 is 2.35 bits per heavy atom. The number of carbonyl (C=O) groups is 2. The number of esters is 1. The fraction of sp³-hybridized carbons (Fsp3) is 0.931. The maximum atomic E-state index is 13.3. The zero-order valence-electron chi connectivity index (χ0n) is 22.4. The number of ketones is 1. The summed E-state index contributed by atoms with van der Waals surface area (Å²) in [6.45, 7) is 13.0. The molecular formula is C29H49NO4. The number of rotatable bonds is 8. The number of carbonyl (C=O) groups excluding carboxylic acids is 2. The van der Waals surface area contributed by atoms with E-state index in [0.717, 1.165) is 77.3 Å². The highest BCUT2D eigenvalue weighted by atomic mass is 16.5. The van der Waals surface area contributed by atoms with Crippen LogP contribution < -0.4 is 0 Å². The second kappa shape index (κ2) is 10.2. The third-order valence-electron chi connectivity index (χ3n) is 10.8. The third-order valence-corrected chi connectivity index (χ3v) is 10.8. The number of fused-ring (bicyclic) bond motifs is 5. The molecule has 0 aromatic rings. The van der Waals surface area contributed by atoms with Crippen LogP contribution in [0.4, 0.5) is 0 Å². The highest BCUT2D eigenvalue weighted by molar-refractivity contribution is 5.79. The summed E-state index contributed by atoms with van der Waals surface area (Å²) in [5.41, 5.74) is 0.0388. The molecule has 4 aliphatic carbocycles. The molecule has 0 aromatic heterocycles. The van der Waals surface area contributed by atoms with Gasteiger partial charge in [0.05, 0.1) is 12.6 Å². The van der Waals surface area contributed by atoms with Crippen LogP contribution in [-0.2, 0) is 14.3 Å². The molecule has 5 nitrogen and oxygen atoms in total. The highest BCUT2D eigenvalue weighted by Crippen LogP contribution is 2.68. The van der Waals surface area contributed by atoms with Crippen LogP contribution in [0.15, 0.2) is 0 Å². The molecule has 4 aliphatic rings. The van der Waals surface area contributed by atoms with Gasteiger partial charge in [-0.15, -0.1) is 0 Å².